The molecule has 3 rings (SSSR count). The number of nitrogens with zero attached hydrogens (tertiary/aromatic N) is 2. The van der Waals surface area contributed by atoms with Crippen molar-refractivity contribution in [2.24, 2.45) is 0 Å². The van der Waals surface area contributed by atoms with E-state index in [4.69, 9.17) is 16.3 Å². The molecule has 0 spiro atoms. The molecule has 0 amide bonds. The third-order valence-electron chi connectivity index (χ3n) is 3.93. The molecule has 1 fully saturated rings. The minimum absolute atomic E-state index is 0.702. The molecule has 4 nitrogen and oxygen atoms in total. The number of aryl methyl sites for hydroxylation is 2. The maximum atomic E-state index is 6.47. The van der Waals surface area contributed by atoms with E-state index < -0.39 is 0 Å². The number of halogens is 1. The molecule has 0 aliphatic heterocycles. The Morgan fingerprint density at radius 2 is 2.24 bits per heavy atom. The average molecular weight is 308 g/mol. The highest BCUT2D eigenvalue weighted by atomic mass is 35.5. The van der Waals surface area contributed by atoms with Gasteiger partial charge in [0.05, 0.1) is 16.2 Å². The molecule has 0 atom stereocenters. The van der Waals surface area contributed by atoms with Gasteiger partial charge in [0.25, 0.3) is 0 Å². The summed E-state index contributed by atoms with van der Waals surface area (Å²) in [5, 5.41) is 10.0. The van der Waals surface area contributed by atoms with Crippen LogP contribution in [0.5, 0.6) is 0 Å². The van der Waals surface area contributed by atoms with Gasteiger partial charge >= 0.3 is 0 Å². The lowest BCUT2D eigenvalue weighted by Gasteiger charge is -2.07. The van der Waals surface area contributed by atoms with Gasteiger partial charge in [0.1, 0.15) is 0 Å². The average Bonchev–Trinajstić information content (AvgIpc) is 3.22. The third kappa shape index (κ3) is 3.39. The molecular weight excluding hydrogens is 286 g/mol. The van der Waals surface area contributed by atoms with Gasteiger partial charge in [-0.3, -0.25) is 4.68 Å². The summed E-state index contributed by atoms with van der Waals surface area (Å²) in [5.74, 6) is 0. The summed E-state index contributed by atoms with van der Waals surface area (Å²) < 4.78 is 7.18. The first-order valence-corrected chi connectivity index (χ1v) is 7.94. The molecule has 114 valence electrons. The fourth-order valence-corrected chi connectivity index (χ4v) is 3.05. The van der Waals surface area contributed by atoms with Crippen LogP contribution in [0.2, 0.25) is 5.02 Å². The zero-order chi connectivity index (χ0) is 14.8. The molecule has 0 saturated heterocycles. The van der Waals surface area contributed by atoms with Crippen LogP contribution in [-0.4, -0.2) is 29.5 Å². The number of ether oxygens (including phenoxy) is 1. The number of fused-ring (bicyclic) bond motifs is 1. The standard InChI is InChI=1S/C16H22ClN3O/c1-11-16-14(17)8-12(10-18-13-4-5-13)9-15(16)20(19-11)6-3-7-21-2/h8-9,13,18H,3-7,10H2,1-2H3. The number of benzene rings is 1. The van der Waals surface area contributed by atoms with Crippen molar-refractivity contribution in [3.8, 4) is 0 Å². The normalized spacial score (nSPS) is 15.0. The Kier molecular flexibility index (Phi) is 4.48. The minimum atomic E-state index is 0.702. The molecule has 1 saturated carbocycles. The highest BCUT2D eigenvalue weighted by molar-refractivity contribution is 6.35. The first-order valence-electron chi connectivity index (χ1n) is 7.57. The van der Waals surface area contributed by atoms with Gasteiger partial charge in [-0.15, -0.1) is 0 Å². The van der Waals surface area contributed by atoms with Crippen molar-refractivity contribution in [1.29, 1.82) is 0 Å². The van der Waals surface area contributed by atoms with Gasteiger partial charge in [-0.2, -0.15) is 5.10 Å². The van der Waals surface area contributed by atoms with Crippen LogP contribution in [-0.2, 0) is 17.8 Å². The Bertz CT molecular complexity index is 634. The van der Waals surface area contributed by atoms with Gasteiger partial charge in [-0.05, 0) is 43.9 Å². The van der Waals surface area contributed by atoms with Gasteiger partial charge in [0.15, 0.2) is 0 Å². The first kappa shape index (κ1) is 14.8. The van der Waals surface area contributed by atoms with E-state index >= 15 is 0 Å². The van der Waals surface area contributed by atoms with Crippen molar-refractivity contribution in [2.75, 3.05) is 13.7 Å². The fourth-order valence-electron chi connectivity index (χ4n) is 2.67. The van der Waals surface area contributed by atoms with Crippen LogP contribution in [0.25, 0.3) is 10.9 Å². The van der Waals surface area contributed by atoms with E-state index in [0.717, 1.165) is 47.7 Å². The van der Waals surface area contributed by atoms with Gasteiger partial charge in [0, 0.05) is 38.2 Å². The van der Waals surface area contributed by atoms with Crippen molar-refractivity contribution >= 4 is 22.5 Å². The molecule has 1 aromatic heterocycles. The molecule has 2 aromatic rings. The van der Waals surface area contributed by atoms with Crippen LogP contribution in [0.4, 0.5) is 0 Å². The lowest BCUT2D eigenvalue weighted by atomic mass is 10.1. The number of rotatable bonds is 7. The maximum Gasteiger partial charge on any atom is 0.0703 e. The van der Waals surface area contributed by atoms with Crippen molar-refractivity contribution in [1.82, 2.24) is 15.1 Å². The molecule has 1 N–H and O–H groups in total. The second-order valence-corrected chi connectivity index (χ2v) is 6.19. The number of methoxy groups -OCH3 is 1. The van der Waals surface area contributed by atoms with Crippen molar-refractivity contribution in [3.05, 3.63) is 28.4 Å². The Morgan fingerprint density at radius 3 is 2.95 bits per heavy atom. The monoisotopic (exact) mass is 307 g/mol. The summed E-state index contributed by atoms with van der Waals surface area (Å²) in [6, 6.07) is 4.98. The molecule has 1 heterocycles. The topological polar surface area (TPSA) is 39.1 Å². The molecule has 5 heteroatoms. The summed E-state index contributed by atoms with van der Waals surface area (Å²) in [6.45, 7) is 4.50. The Labute approximate surface area is 130 Å². The molecule has 1 aliphatic carbocycles. The number of hydrogen-bond donors (Lipinski definition) is 1. The summed E-state index contributed by atoms with van der Waals surface area (Å²) >= 11 is 6.47. The largest absolute Gasteiger partial charge is 0.385 e. The highest BCUT2D eigenvalue weighted by Crippen LogP contribution is 2.29. The lowest BCUT2D eigenvalue weighted by Crippen LogP contribution is -2.15. The lowest BCUT2D eigenvalue weighted by molar-refractivity contribution is 0.189. The van der Waals surface area contributed by atoms with Crippen LogP contribution in [0.3, 0.4) is 0 Å². The smallest absolute Gasteiger partial charge is 0.0703 e. The summed E-state index contributed by atoms with van der Waals surface area (Å²) in [7, 11) is 1.73. The summed E-state index contributed by atoms with van der Waals surface area (Å²) in [4.78, 5) is 0. The van der Waals surface area contributed by atoms with E-state index in [-0.39, 0.29) is 0 Å². The van der Waals surface area contributed by atoms with E-state index in [2.05, 4.69) is 27.2 Å². The van der Waals surface area contributed by atoms with E-state index in [1.54, 1.807) is 7.11 Å². The van der Waals surface area contributed by atoms with Gasteiger partial charge in [0.2, 0.25) is 0 Å². The van der Waals surface area contributed by atoms with Crippen LogP contribution in [0.15, 0.2) is 12.1 Å². The van der Waals surface area contributed by atoms with Gasteiger partial charge in [-0.25, -0.2) is 0 Å². The molecule has 1 aromatic carbocycles. The molecular formula is C16H22ClN3O. The molecule has 0 unspecified atom stereocenters. The summed E-state index contributed by atoms with van der Waals surface area (Å²) in [6.07, 6.45) is 3.54. The SMILES string of the molecule is COCCCn1nc(C)c2c(Cl)cc(CNC3CC3)cc21. The van der Waals surface area contributed by atoms with E-state index in [9.17, 15) is 0 Å². The zero-order valence-electron chi connectivity index (χ0n) is 12.7. The first-order chi connectivity index (χ1) is 10.2. The highest BCUT2D eigenvalue weighted by Gasteiger charge is 2.20. The number of aromatic nitrogens is 2. The minimum Gasteiger partial charge on any atom is -0.385 e. The Morgan fingerprint density at radius 1 is 1.43 bits per heavy atom. The quantitative estimate of drug-likeness (QED) is 0.798. The van der Waals surface area contributed by atoms with Crippen LogP contribution < -0.4 is 5.32 Å². The van der Waals surface area contributed by atoms with Crippen molar-refractivity contribution < 1.29 is 4.74 Å². The molecule has 0 radical (unpaired) electrons. The predicted octanol–water partition coefficient (Wildman–Crippen LogP) is 3.29. The third-order valence-corrected chi connectivity index (χ3v) is 4.23. The second kappa shape index (κ2) is 6.34. The number of nitrogens with one attached hydrogen (secondary N) is 1. The Hall–Kier alpha value is -1.10. The van der Waals surface area contributed by atoms with Crippen LogP contribution >= 0.6 is 11.6 Å². The number of hydrogen-bond acceptors (Lipinski definition) is 3. The molecule has 0 bridgehead atoms. The molecule has 1 aliphatic rings. The predicted molar refractivity (Wildman–Crippen MR) is 85.8 cm³/mol. The van der Waals surface area contributed by atoms with Crippen molar-refractivity contribution in [2.45, 2.75) is 45.3 Å². The van der Waals surface area contributed by atoms with Gasteiger partial charge < -0.3 is 10.1 Å². The van der Waals surface area contributed by atoms with Crippen LogP contribution in [0.1, 0.15) is 30.5 Å². The fraction of sp³-hybridized carbons (Fsp3) is 0.562. The van der Waals surface area contributed by atoms with E-state index in [1.165, 1.54) is 18.4 Å². The van der Waals surface area contributed by atoms with Crippen LogP contribution in [0, 0.1) is 6.92 Å². The molecule has 21 heavy (non-hydrogen) atoms. The zero-order valence-corrected chi connectivity index (χ0v) is 13.4. The maximum absolute atomic E-state index is 6.47. The summed E-state index contributed by atoms with van der Waals surface area (Å²) in [5.41, 5.74) is 3.35. The van der Waals surface area contributed by atoms with Gasteiger partial charge in [-0.1, -0.05) is 11.6 Å². The van der Waals surface area contributed by atoms with E-state index in [0.29, 0.717) is 6.04 Å². The second-order valence-electron chi connectivity index (χ2n) is 5.78. The van der Waals surface area contributed by atoms with E-state index in [1.807, 2.05) is 6.92 Å². The Balaban J connectivity index is 1.87. The van der Waals surface area contributed by atoms with Crippen molar-refractivity contribution in [3.63, 3.8) is 0 Å².